The van der Waals surface area contributed by atoms with Crippen LogP contribution in [-0.2, 0) is 14.4 Å². The van der Waals surface area contributed by atoms with Gasteiger partial charge in [-0.15, -0.1) is 0 Å². The van der Waals surface area contributed by atoms with Gasteiger partial charge in [-0.2, -0.15) is 0 Å². The highest BCUT2D eigenvalue weighted by Gasteiger charge is 2.22. The predicted octanol–water partition coefficient (Wildman–Crippen LogP) is 0.599. The van der Waals surface area contributed by atoms with Crippen LogP contribution in [0.25, 0.3) is 0 Å². The number of carbonyl (C=O) groups is 3. The third-order valence-corrected chi connectivity index (χ3v) is 2.37. The summed E-state index contributed by atoms with van der Waals surface area (Å²) in [7, 11) is 0. The second-order valence-electron chi connectivity index (χ2n) is 3.47. The molecular formula is C11H12ClN3O3. The molecule has 0 heterocycles. The maximum absolute atomic E-state index is 11.8. The van der Waals surface area contributed by atoms with Crippen molar-refractivity contribution >= 4 is 35.0 Å². The maximum atomic E-state index is 11.8. The molecule has 0 spiro atoms. The molecule has 1 rings (SSSR count). The SMILES string of the molecule is CC(=O)N(C(=O)CC(=O)NN)c1ccc(Cl)cc1. The standard InChI is InChI=1S/C11H12ClN3O3/c1-7(16)15(11(18)6-10(17)14-13)9-4-2-8(12)3-5-9/h2-5H,6,13H2,1H3,(H,14,17). The average Bonchev–Trinajstić information content (AvgIpc) is 2.31. The number of imide groups is 1. The molecule has 0 bridgehead atoms. The number of carbonyl (C=O) groups excluding carboxylic acids is 3. The minimum atomic E-state index is -0.666. The number of amides is 3. The zero-order chi connectivity index (χ0) is 13.7. The van der Waals surface area contributed by atoms with E-state index < -0.39 is 24.1 Å². The van der Waals surface area contributed by atoms with Crippen molar-refractivity contribution in [3.05, 3.63) is 29.3 Å². The van der Waals surface area contributed by atoms with Crippen LogP contribution in [0.15, 0.2) is 24.3 Å². The molecule has 7 heteroatoms. The first kappa shape index (κ1) is 14.1. The van der Waals surface area contributed by atoms with Crippen LogP contribution in [-0.4, -0.2) is 17.7 Å². The van der Waals surface area contributed by atoms with Gasteiger partial charge >= 0.3 is 0 Å². The van der Waals surface area contributed by atoms with E-state index in [-0.39, 0.29) is 0 Å². The number of hydrazine groups is 1. The molecule has 18 heavy (non-hydrogen) atoms. The van der Waals surface area contributed by atoms with Gasteiger partial charge in [-0.3, -0.25) is 24.7 Å². The van der Waals surface area contributed by atoms with Crippen LogP contribution in [0.3, 0.4) is 0 Å². The van der Waals surface area contributed by atoms with Crippen LogP contribution in [0.5, 0.6) is 0 Å². The lowest BCUT2D eigenvalue weighted by atomic mass is 10.2. The highest BCUT2D eigenvalue weighted by atomic mass is 35.5. The third kappa shape index (κ3) is 3.54. The molecule has 1 aromatic rings. The number of anilines is 1. The molecule has 0 saturated carbocycles. The normalized spacial score (nSPS) is 9.72. The van der Waals surface area contributed by atoms with Gasteiger partial charge in [0.15, 0.2) is 0 Å². The van der Waals surface area contributed by atoms with E-state index in [4.69, 9.17) is 17.4 Å². The minimum Gasteiger partial charge on any atom is -0.294 e. The summed E-state index contributed by atoms with van der Waals surface area (Å²) in [5.41, 5.74) is 2.18. The van der Waals surface area contributed by atoms with Gasteiger partial charge in [0.25, 0.3) is 0 Å². The summed E-state index contributed by atoms with van der Waals surface area (Å²) in [6, 6.07) is 6.12. The number of hydrogen-bond donors (Lipinski definition) is 2. The van der Waals surface area contributed by atoms with Crippen LogP contribution < -0.4 is 16.2 Å². The number of nitrogens with two attached hydrogens (primary N) is 1. The van der Waals surface area contributed by atoms with E-state index in [2.05, 4.69) is 0 Å². The first-order valence-electron chi connectivity index (χ1n) is 5.04. The number of rotatable bonds is 3. The van der Waals surface area contributed by atoms with Crippen molar-refractivity contribution in [1.29, 1.82) is 0 Å². The number of nitrogens with one attached hydrogen (secondary N) is 1. The summed E-state index contributed by atoms with van der Waals surface area (Å²) in [6.45, 7) is 1.23. The summed E-state index contributed by atoms with van der Waals surface area (Å²) in [5, 5.41) is 0.481. The van der Waals surface area contributed by atoms with Crippen molar-refractivity contribution in [2.24, 2.45) is 5.84 Å². The van der Waals surface area contributed by atoms with Gasteiger partial charge < -0.3 is 0 Å². The van der Waals surface area contributed by atoms with Crippen molar-refractivity contribution in [2.45, 2.75) is 13.3 Å². The number of nitrogens with zero attached hydrogens (tertiary/aromatic N) is 1. The summed E-state index contributed by atoms with van der Waals surface area (Å²) < 4.78 is 0. The smallest absolute Gasteiger partial charge is 0.243 e. The maximum Gasteiger partial charge on any atom is 0.243 e. The monoisotopic (exact) mass is 269 g/mol. The second-order valence-corrected chi connectivity index (χ2v) is 3.91. The molecule has 0 aliphatic heterocycles. The number of halogens is 1. The highest BCUT2D eigenvalue weighted by molar-refractivity contribution is 6.30. The number of benzene rings is 1. The van der Waals surface area contributed by atoms with Gasteiger partial charge in [0.1, 0.15) is 6.42 Å². The lowest BCUT2D eigenvalue weighted by Crippen LogP contribution is -2.40. The van der Waals surface area contributed by atoms with Crippen LogP contribution in [0.2, 0.25) is 5.02 Å². The lowest BCUT2D eigenvalue weighted by Gasteiger charge is -2.18. The van der Waals surface area contributed by atoms with Crippen LogP contribution in [0, 0.1) is 0 Å². The van der Waals surface area contributed by atoms with Crippen molar-refractivity contribution in [2.75, 3.05) is 4.90 Å². The molecule has 0 unspecified atom stereocenters. The highest BCUT2D eigenvalue weighted by Crippen LogP contribution is 2.19. The molecule has 0 aliphatic rings. The molecule has 0 aliphatic carbocycles. The molecule has 1 aromatic carbocycles. The Bertz CT molecular complexity index is 473. The Morgan fingerprint density at radius 1 is 1.28 bits per heavy atom. The molecule has 0 saturated heterocycles. The Kier molecular flexibility index (Phi) is 4.82. The van der Waals surface area contributed by atoms with Gasteiger partial charge in [0.05, 0.1) is 5.69 Å². The third-order valence-electron chi connectivity index (χ3n) is 2.12. The van der Waals surface area contributed by atoms with Gasteiger partial charge in [-0.1, -0.05) is 11.6 Å². The summed E-state index contributed by atoms with van der Waals surface area (Å²) in [6.07, 6.45) is -0.501. The fraction of sp³-hybridized carbons (Fsp3) is 0.182. The Hall–Kier alpha value is -1.92. The number of hydrogen-bond acceptors (Lipinski definition) is 4. The molecule has 0 radical (unpaired) electrons. The van der Waals surface area contributed by atoms with Crippen LogP contribution in [0.1, 0.15) is 13.3 Å². The van der Waals surface area contributed by atoms with E-state index in [1.54, 1.807) is 12.1 Å². The summed E-state index contributed by atoms with van der Waals surface area (Å²) >= 11 is 5.71. The molecule has 0 fully saturated rings. The summed E-state index contributed by atoms with van der Waals surface area (Å²) in [5.74, 6) is 3.06. The Balaban J connectivity index is 2.96. The van der Waals surface area contributed by atoms with Crippen LogP contribution in [0.4, 0.5) is 5.69 Å². The van der Waals surface area contributed by atoms with Crippen molar-refractivity contribution in [3.8, 4) is 0 Å². The van der Waals surface area contributed by atoms with Gasteiger partial charge in [-0.05, 0) is 24.3 Å². The molecule has 3 amide bonds. The quantitative estimate of drug-likeness (QED) is 0.364. The van der Waals surface area contributed by atoms with Crippen molar-refractivity contribution < 1.29 is 14.4 Å². The zero-order valence-electron chi connectivity index (χ0n) is 9.64. The van der Waals surface area contributed by atoms with Crippen molar-refractivity contribution in [3.63, 3.8) is 0 Å². The van der Waals surface area contributed by atoms with Gasteiger partial charge in [0, 0.05) is 11.9 Å². The summed E-state index contributed by atoms with van der Waals surface area (Å²) in [4.78, 5) is 35.2. The molecule has 3 N–H and O–H groups in total. The van der Waals surface area contributed by atoms with Gasteiger partial charge in [-0.25, -0.2) is 5.84 Å². The zero-order valence-corrected chi connectivity index (χ0v) is 10.4. The van der Waals surface area contributed by atoms with E-state index in [0.717, 1.165) is 4.90 Å². The predicted molar refractivity (Wildman–Crippen MR) is 66.6 cm³/mol. The largest absolute Gasteiger partial charge is 0.294 e. The minimum absolute atomic E-state index is 0.349. The van der Waals surface area contributed by atoms with Crippen LogP contribution >= 0.6 is 11.6 Å². The van der Waals surface area contributed by atoms with E-state index in [1.807, 2.05) is 5.43 Å². The van der Waals surface area contributed by atoms with Gasteiger partial charge in [0.2, 0.25) is 17.7 Å². The fourth-order valence-electron chi connectivity index (χ4n) is 1.36. The van der Waals surface area contributed by atoms with Crippen molar-refractivity contribution in [1.82, 2.24) is 5.43 Å². The molecule has 96 valence electrons. The Morgan fingerprint density at radius 2 is 1.83 bits per heavy atom. The molecule has 0 aromatic heterocycles. The van der Waals surface area contributed by atoms with E-state index in [9.17, 15) is 14.4 Å². The van der Waals surface area contributed by atoms with E-state index in [1.165, 1.54) is 19.1 Å². The Morgan fingerprint density at radius 3 is 2.28 bits per heavy atom. The first-order valence-corrected chi connectivity index (χ1v) is 5.42. The second kappa shape index (κ2) is 6.13. The molecule has 6 nitrogen and oxygen atoms in total. The first-order chi connectivity index (χ1) is 8.45. The Labute approximate surface area is 109 Å². The lowest BCUT2D eigenvalue weighted by molar-refractivity contribution is -0.129. The van der Waals surface area contributed by atoms with E-state index in [0.29, 0.717) is 10.7 Å². The topological polar surface area (TPSA) is 92.5 Å². The molecule has 0 atom stereocenters. The van der Waals surface area contributed by atoms with E-state index >= 15 is 0 Å². The average molecular weight is 270 g/mol. The molecular weight excluding hydrogens is 258 g/mol. The fourth-order valence-corrected chi connectivity index (χ4v) is 1.48.